The molecular formula is C24H25Cl2NO3. The topological polar surface area (TPSA) is 39.7 Å². The van der Waals surface area contributed by atoms with Gasteiger partial charge in [0.2, 0.25) is 0 Å². The van der Waals surface area contributed by atoms with Gasteiger partial charge in [-0.2, -0.15) is 0 Å². The van der Waals surface area contributed by atoms with Crippen LogP contribution in [-0.2, 0) is 0 Å². The summed E-state index contributed by atoms with van der Waals surface area (Å²) in [5.41, 5.74) is 1.03. The van der Waals surface area contributed by atoms with Crippen molar-refractivity contribution in [2.75, 3.05) is 31.7 Å². The first kappa shape index (κ1) is 22.1. The lowest BCUT2D eigenvalue weighted by Gasteiger charge is -2.11. The standard InChI is InChI=1S/C24H25Cl2NO3/c25-19-11-12-24(23(26)17-19)30-14-5-4-13-27-20-7-6-10-22(18-20)29-16-15-28-21-8-2-1-3-9-21/h1-3,6-12,17-18,27H,4-5,13-16H2. The van der Waals surface area contributed by atoms with Crippen LogP contribution >= 0.6 is 23.2 Å². The Hall–Kier alpha value is -2.56. The van der Waals surface area contributed by atoms with Gasteiger partial charge in [-0.1, -0.05) is 47.5 Å². The number of nitrogens with one attached hydrogen (secondary N) is 1. The molecule has 0 aliphatic rings. The van der Waals surface area contributed by atoms with Crippen molar-refractivity contribution in [3.63, 3.8) is 0 Å². The van der Waals surface area contributed by atoms with Crippen LogP contribution in [0.5, 0.6) is 17.2 Å². The molecule has 158 valence electrons. The molecule has 0 fully saturated rings. The van der Waals surface area contributed by atoms with Crippen molar-refractivity contribution in [1.29, 1.82) is 0 Å². The fourth-order valence-electron chi connectivity index (χ4n) is 2.77. The smallest absolute Gasteiger partial charge is 0.137 e. The van der Waals surface area contributed by atoms with Crippen molar-refractivity contribution in [1.82, 2.24) is 0 Å². The van der Waals surface area contributed by atoms with Crippen LogP contribution in [0.15, 0.2) is 72.8 Å². The Bertz CT molecular complexity index is 906. The zero-order chi connectivity index (χ0) is 21.0. The van der Waals surface area contributed by atoms with Crippen LogP contribution in [0.4, 0.5) is 5.69 Å². The molecule has 0 atom stereocenters. The van der Waals surface area contributed by atoms with Gasteiger partial charge in [0.1, 0.15) is 30.5 Å². The molecular weight excluding hydrogens is 421 g/mol. The van der Waals surface area contributed by atoms with E-state index >= 15 is 0 Å². The highest BCUT2D eigenvalue weighted by Crippen LogP contribution is 2.27. The van der Waals surface area contributed by atoms with Crippen molar-refractivity contribution < 1.29 is 14.2 Å². The third-order valence-corrected chi connectivity index (χ3v) is 4.78. The Kier molecular flexibility index (Phi) is 9.01. The van der Waals surface area contributed by atoms with Gasteiger partial charge in [0, 0.05) is 23.3 Å². The number of ether oxygens (including phenoxy) is 3. The molecule has 0 aromatic heterocycles. The van der Waals surface area contributed by atoms with E-state index in [1.54, 1.807) is 18.2 Å². The zero-order valence-electron chi connectivity index (χ0n) is 16.7. The summed E-state index contributed by atoms with van der Waals surface area (Å²) < 4.78 is 17.1. The molecule has 0 saturated heterocycles. The molecule has 4 nitrogen and oxygen atoms in total. The number of anilines is 1. The van der Waals surface area contributed by atoms with Crippen LogP contribution < -0.4 is 19.5 Å². The average Bonchev–Trinajstić information content (AvgIpc) is 2.76. The van der Waals surface area contributed by atoms with Crippen molar-refractivity contribution in [2.24, 2.45) is 0 Å². The van der Waals surface area contributed by atoms with Crippen LogP contribution in [0, 0.1) is 0 Å². The first-order valence-electron chi connectivity index (χ1n) is 9.93. The Morgan fingerprint density at radius 2 is 1.43 bits per heavy atom. The third-order valence-electron chi connectivity index (χ3n) is 4.25. The van der Waals surface area contributed by atoms with Crippen LogP contribution in [-0.4, -0.2) is 26.4 Å². The predicted molar refractivity (Wildman–Crippen MR) is 124 cm³/mol. The molecule has 30 heavy (non-hydrogen) atoms. The summed E-state index contributed by atoms with van der Waals surface area (Å²) in [4.78, 5) is 0. The van der Waals surface area contributed by atoms with Crippen molar-refractivity contribution >= 4 is 28.9 Å². The number of unbranched alkanes of at least 4 members (excludes halogenated alkanes) is 1. The van der Waals surface area contributed by atoms with Gasteiger partial charge >= 0.3 is 0 Å². The molecule has 1 N–H and O–H groups in total. The molecule has 0 spiro atoms. The molecule has 0 amide bonds. The van der Waals surface area contributed by atoms with E-state index in [4.69, 9.17) is 37.4 Å². The van der Waals surface area contributed by atoms with Crippen LogP contribution in [0.1, 0.15) is 12.8 Å². The van der Waals surface area contributed by atoms with Crippen molar-refractivity contribution in [3.05, 3.63) is 82.8 Å². The number of para-hydroxylation sites is 1. The molecule has 0 radical (unpaired) electrons. The normalized spacial score (nSPS) is 10.5. The maximum absolute atomic E-state index is 6.10. The highest BCUT2D eigenvalue weighted by molar-refractivity contribution is 6.35. The number of rotatable bonds is 12. The van der Waals surface area contributed by atoms with Crippen LogP contribution in [0.2, 0.25) is 10.0 Å². The van der Waals surface area contributed by atoms with E-state index in [-0.39, 0.29) is 0 Å². The lowest BCUT2D eigenvalue weighted by atomic mass is 10.2. The van der Waals surface area contributed by atoms with E-state index in [1.807, 2.05) is 54.6 Å². The van der Waals surface area contributed by atoms with Crippen LogP contribution in [0.25, 0.3) is 0 Å². The summed E-state index contributed by atoms with van der Waals surface area (Å²) in [7, 11) is 0. The summed E-state index contributed by atoms with van der Waals surface area (Å²) >= 11 is 12.0. The molecule has 3 rings (SSSR count). The minimum atomic E-state index is 0.489. The largest absolute Gasteiger partial charge is 0.492 e. The molecule has 0 saturated carbocycles. The van der Waals surface area contributed by atoms with Gasteiger partial charge in [0.15, 0.2) is 0 Å². The summed E-state index contributed by atoms with van der Waals surface area (Å²) in [6.07, 6.45) is 1.89. The lowest BCUT2D eigenvalue weighted by molar-refractivity contribution is 0.217. The van der Waals surface area contributed by atoms with E-state index in [2.05, 4.69) is 5.32 Å². The van der Waals surface area contributed by atoms with Crippen molar-refractivity contribution in [3.8, 4) is 17.2 Å². The first-order chi connectivity index (χ1) is 14.7. The molecule has 0 heterocycles. The van der Waals surface area contributed by atoms with Gasteiger partial charge < -0.3 is 19.5 Å². The fraction of sp³-hybridized carbons (Fsp3) is 0.250. The second-order valence-electron chi connectivity index (χ2n) is 6.59. The maximum Gasteiger partial charge on any atom is 0.137 e. The molecule has 0 unspecified atom stereocenters. The van der Waals surface area contributed by atoms with E-state index in [1.165, 1.54) is 0 Å². The predicted octanol–water partition coefficient (Wildman–Crippen LogP) is 6.72. The molecule has 3 aromatic carbocycles. The zero-order valence-corrected chi connectivity index (χ0v) is 18.2. The monoisotopic (exact) mass is 445 g/mol. The Morgan fingerprint density at radius 3 is 2.23 bits per heavy atom. The second kappa shape index (κ2) is 12.2. The third kappa shape index (κ3) is 7.69. The number of benzene rings is 3. The van der Waals surface area contributed by atoms with Gasteiger partial charge in [-0.05, 0) is 55.3 Å². The SMILES string of the molecule is Clc1ccc(OCCCCNc2cccc(OCCOc3ccccc3)c2)c(Cl)c1. The molecule has 3 aromatic rings. The van der Waals surface area contributed by atoms with E-state index in [0.29, 0.717) is 35.6 Å². The number of hydrogen-bond donors (Lipinski definition) is 1. The summed E-state index contributed by atoms with van der Waals surface area (Å²) in [5, 5.41) is 4.55. The average molecular weight is 446 g/mol. The second-order valence-corrected chi connectivity index (χ2v) is 7.44. The number of halogens is 2. The van der Waals surface area contributed by atoms with Gasteiger partial charge in [0.05, 0.1) is 11.6 Å². The molecule has 6 heteroatoms. The van der Waals surface area contributed by atoms with Crippen LogP contribution in [0.3, 0.4) is 0 Å². The first-order valence-corrected chi connectivity index (χ1v) is 10.7. The van der Waals surface area contributed by atoms with Crippen molar-refractivity contribution in [2.45, 2.75) is 12.8 Å². The molecule has 0 aliphatic heterocycles. The summed E-state index contributed by atoms with van der Waals surface area (Å²) in [5.74, 6) is 2.33. The van der Waals surface area contributed by atoms with E-state index < -0.39 is 0 Å². The van der Waals surface area contributed by atoms with Gasteiger partial charge in [-0.3, -0.25) is 0 Å². The summed E-state index contributed by atoms with van der Waals surface area (Å²) in [6, 6.07) is 22.9. The van der Waals surface area contributed by atoms with E-state index in [9.17, 15) is 0 Å². The Labute approximate surface area is 187 Å². The Balaban J connectivity index is 1.30. The molecule has 0 aliphatic carbocycles. The maximum atomic E-state index is 6.10. The lowest BCUT2D eigenvalue weighted by Crippen LogP contribution is -2.09. The summed E-state index contributed by atoms with van der Waals surface area (Å²) in [6.45, 7) is 2.44. The fourth-order valence-corrected chi connectivity index (χ4v) is 3.23. The highest BCUT2D eigenvalue weighted by atomic mass is 35.5. The molecule has 0 bridgehead atoms. The van der Waals surface area contributed by atoms with E-state index in [0.717, 1.165) is 36.6 Å². The number of hydrogen-bond acceptors (Lipinski definition) is 4. The van der Waals surface area contributed by atoms with Gasteiger partial charge in [0.25, 0.3) is 0 Å². The minimum Gasteiger partial charge on any atom is -0.492 e. The highest BCUT2D eigenvalue weighted by Gasteiger charge is 2.02. The quantitative estimate of drug-likeness (QED) is 0.314. The van der Waals surface area contributed by atoms with Gasteiger partial charge in [-0.25, -0.2) is 0 Å². The Morgan fingerprint density at radius 1 is 0.667 bits per heavy atom. The minimum absolute atomic E-state index is 0.489. The van der Waals surface area contributed by atoms with Gasteiger partial charge in [-0.15, -0.1) is 0 Å².